The second-order valence-corrected chi connectivity index (χ2v) is 8.88. The zero-order chi connectivity index (χ0) is 22.2. The van der Waals surface area contributed by atoms with Crippen molar-refractivity contribution in [2.45, 2.75) is 25.9 Å². The maximum absolute atomic E-state index is 5.87. The van der Waals surface area contributed by atoms with Gasteiger partial charge in [0.05, 0.1) is 31.0 Å². The zero-order valence-corrected chi connectivity index (χ0v) is 19.6. The fourth-order valence-corrected chi connectivity index (χ4v) is 5.12. The molecule has 1 aromatic carbocycles. The van der Waals surface area contributed by atoms with E-state index in [0.717, 1.165) is 42.8 Å². The highest BCUT2D eigenvalue weighted by Crippen LogP contribution is 2.43. The fourth-order valence-electron chi connectivity index (χ4n) is 4.78. The lowest BCUT2D eigenvalue weighted by Gasteiger charge is -2.31. The van der Waals surface area contributed by atoms with Gasteiger partial charge < -0.3 is 24.4 Å². The van der Waals surface area contributed by atoms with Crippen LogP contribution in [0.1, 0.15) is 34.7 Å². The highest BCUT2D eigenvalue weighted by Gasteiger charge is 2.42. The summed E-state index contributed by atoms with van der Waals surface area (Å²) in [5.41, 5.74) is 7.05. The molecule has 2 aliphatic heterocycles. The van der Waals surface area contributed by atoms with Crippen LogP contribution < -0.4 is 15.1 Å². The van der Waals surface area contributed by atoms with Crippen LogP contribution in [0.5, 0.6) is 0 Å². The van der Waals surface area contributed by atoms with Crippen LogP contribution in [0.2, 0.25) is 0 Å². The normalized spacial score (nSPS) is 21.2. The van der Waals surface area contributed by atoms with Crippen LogP contribution in [-0.2, 0) is 11.8 Å². The maximum Gasteiger partial charge on any atom is 0.174 e. The van der Waals surface area contributed by atoms with Crippen molar-refractivity contribution in [2.24, 2.45) is 7.05 Å². The number of benzene rings is 1. The summed E-state index contributed by atoms with van der Waals surface area (Å²) in [6.45, 7) is 7.74. The monoisotopic (exact) mass is 447 g/mol. The molecule has 0 amide bonds. The smallest absolute Gasteiger partial charge is 0.174 e. The van der Waals surface area contributed by atoms with Crippen LogP contribution in [-0.4, -0.2) is 41.0 Å². The summed E-state index contributed by atoms with van der Waals surface area (Å²) in [5, 5.41) is 4.29. The average molecular weight is 448 g/mol. The Bertz CT molecular complexity index is 1110. The molecule has 3 aromatic rings. The molecule has 2 atom stereocenters. The Morgan fingerprint density at radius 1 is 1.03 bits per heavy atom. The summed E-state index contributed by atoms with van der Waals surface area (Å²) in [7, 11) is 2.12. The van der Waals surface area contributed by atoms with Crippen molar-refractivity contribution in [3.05, 3.63) is 77.4 Å². The van der Waals surface area contributed by atoms with Crippen LogP contribution in [0.3, 0.4) is 0 Å². The largest absolute Gasteiger partial charge is 0.378 e. The summed E-state index contributed by atoms with van der Waals surface area (Å²) in [5.74, 6) is 0. The number of thiocarbonyl (C=S) groups is 1. The van der Waals surface area contributed by atoms with Gasteiger partial charge in [-0.05, 0) is 74.1 Å². The topological polar surface area (TPSA) is 45.6 Å². The lowest BCUT2D eigenvalue weighted by Crippen LogP contribution is -2.36. The van der Waals surface area contributed by atoms with Gasteiger partial charge in [-0.25, -0.2) is 0 Å². The molecule has 2 aromatic heterocycles. The lowest BCUT2D eigenvalue weighted by atomic mass is 9.96. The van der Waals surface area contributed by atoms with Crippen LogP contribution in [0.25, 0.3) is 0 Å². The quantitative estimate of drug-likeness (QED) is 0.609. The zero-order valence-electron chi connectivity index (χ0n) is 18.8. The van der Waals surface area contributed by atoms with E-state index in [0.29, 0.717) is 0 Å². The maximum atomic E-state index is 5.87. The number of aromatic nitrogens is 2. The Morgan fingerprint density at radius 3 is 2.38 bits per heavy atom. The van der Waals surface area contributed by atoms with Gasteiger partial charge in [0, 0.05) is 49.1 Å². The number of rotatable bonds is 4. The van der Waals surface area contributed by atoms with E-state index in [2.05, 4.69) is 82.0 Å². The first-order valence-corrected chi connectivity index (χ1v) is 11.5. The summed E-state index contributed by atoms with van der Waals surface area (Å²) >= 11 is 5.87. The average Bonchev–Trinajstić information content (AvgIpc) is 3.31. The van der Waals surface area contributed by atoms with Gasteiger partial charge in [0.1, 0.15) is 0 Å². The minimum absolute atomic E-state index is 0.0199. The number of hydrogen-bond donors (Lipinski definition) is 1. The predicted octanol–water partition coefficient (Wildman–Crippen LogP) is 4.05. The van der Waals surface area contributed by atoms with Gasteiger partial charge >= 0.3 is 0 Å². The SMILES string of the molecule is Cc1cc([C@H]2[C@H](c3ccccn3)NC(=S)N2c2ccc(N3CCOCC3)cc2)c(C)n1C. The first kappa shape index (κ1) is 21.0. The van der Waals surface area contributed by atoms with E-state index in [1.807, 2.05) is 18.3 Å². The Morgan fingerprint density at radius 2 is 1.75 bits per heavy atom. The second kappa shape index (κ2) is 8.56. The number of nitrogens with one attached hydrogen (secondary N) is 1. The third kappa shape index (κ3) is 3.65. The number of nitrogens with zero attached hydrogens (tertiary/aromatic N) is 4. The molecule has 0 bridgehead atoms. The van der Waals surface area contributed by atoms with Gasteiger partial charge in [-0.15, -0.1) is 0 Å². The molecule has 4 heterocycles. The standard InChI is InChI=1S/C25H29N5OS/c1-17-16-21(18(2)28(17)3)24-23(22-6-4-5-11-26-22)27-25(32)30(24)20-9-7-19(8-10-20)29-12-14-31-15-13-29/h4-11,16,23-24H,12-15H2,1-3H3,(H,27,32)/t23-,24-/m0/s1. The molecule has 166 valence electrons. The summed E-state index contributed by atoms with van der Waals surface area (Å²) < 4.78 is 7.74. The first-order valence-electron chi connectivity index (χ1n) is 11.1. The van der Waals surface area contributed by atoms with Crippen molar-refractivity contribution < 1.29 is 4.74 Å². The number of morpholine rings is 1. The molecule has 0 radical (unpaired) electrons. The third-order valence-corrected chi connectivity index (χ3v) is 7.05. The summed E-state index contributed by atoms with van der Waals surface area (Å²) in [6, 6.07) is 17.1. The number of ether oxygens (including phenoxy) is 1. The molecule has 1 N–H and O–H groups in total. The minimum Gasteiger partial charge on any atom is -0.378 e. The van der Waals surface area contributed by atoms with Crippen molar-refractivity contribution >= 4 is 28.7 Å². The molecule has 32 heavy (non-hydrogen) atoms. The van der Waals surface area contributed by atoms with Crippen molar-refractivity contribution in [2.75, 3.05) is 36.1 Å². The van der Waals surface area contributed by atoms with Crippen molar-refractivity contribution in [3.8, 4) is 0 Å². The van der Waals surface area contributed by atoms with Gasteiger partial charge in [-0.2, -0.15) is 0 Å². The summed E-state index contributed by atoms with van der Waals surface area (Å²) in [6.07, 6.45) is 1.85. The van der Waals surface area contributed by atoms with E-state index in [9.17, 15) is 0 Å². The molecule has 2 fully saturated rings. The van der Waals surface area contributed by atoms with Crippen molar-refractivity contribution in [1.82, 2.24) is 14.9 Å². The van der Waals surface area contributed by atoms with E-state index in [-0.39, 0.29) is 12.1 Å². The van der Waals surface area contributed by atoms with Gasteiger partial charge in [0.2, 0.25) is 0 Å². The van der Waals surface area contributed by atoms with E-state index in [4.69, 9.17) is 17.0 Å². The van der Waals surface area contributed by atoms with E-state index >= 15 is 0 Å². The Balaban J connectivity index is 1.55. The molecular weight excluding hydrogens is 418 g/mol. The number of hydrogen-bond acceptors (Lipinski definition) is 4. The van der Waals surface area contributed by atoms with Crippen LogP contribution in [0.4, 0.5) is 11.4 Å². The number of aryl methyl sites for hydroxylation is 1. The molecule has 0 aliphatic carbocycles. The van der Waals surface area contributed by atoms with Crippen LogP contribution in [0.15, 0.2) is 54.7 Å². The lowest BCUT2D eigenvalue weighted by molar-refractivity contribution is 0.122. The van der Waals surface area contributed by atoms with Gasteiger partial charge in [-0.1, -0.05) is 6.07 Å². The van der Waals surface area contributed by atoms with E-state index in [1.54, 1.807) is 0 Å². The second-order valence-electron chi connectivity index (χ2n) is 8.50. The first-order chi connectivity index (χ1) is 15.5. The van der Waals surface area contributed by atoms with E-state index < -0.39 is 0 Å². The van der Waals surface area contributed by atoms with E-state index in [1.165, 1.54) is 22.6 Å². The molecule has 2 saturated heterocycles. The predicted molar refractivity (Wildman–Crippen MR) is 132 cm³/mol. The van der Waals surface area contributed by atoms with Gasteiger partial charge in [-0.3, -0.25) is 4.98 Å². The minimum atomic E-state index is -0.0249. The molecule has 0 spiro atoms. The highest BCUT2D eigenvalue weighted by molar-refractivity contribution is 7.80. The molecule has 2 aliphatic rings. The van der Waals surface area contributed by atoms with Gasteiger partial charge in [0.25, 0.3) is 0 Å². The van der Waals surface area contributed by atoms with Gasteiger partial charge in [0.15, 0.2) is 5.11 Å². The summed E-state index contributed by atoms with van der Waals surface area (Å²) in [4.78, 5) is 9.28. The Kier molecular flexibility index (Phi) is 5.61. The van der Waals surface area contributed by atoms with Crippen LogP contribution >= 0.6 is 12.2 Å². The fraction of sp³-hybridized carbons (Fsp3) is 0.360. The molecule has 5 rings (SSSR count). The number of anilines is 2. The van der Waals surface area contributed by atoms with Crippen molar-refractivity contribution in [1.29, 1.82) is 0 Å². The molecule has 0 saturated carbocycles. The molecule has 7 heteroatoms. The Hall–Kier alpha value is -2.90. The molecule has 0 unspecified atom stereocenters. The van der Waals surface area contributed by atoms with Crippen LogP contribution in [0, 0.1) is 13.8 Å². The molecular formula is C25H29N5OS. The highest BCUT2D eigenvalue weighted by atomic mass is 32.1. The van der Waals surface area contributed by atoms with Crippen molar-refractivity contribution in [3.63, 3.8) is 0 Å². The molecule has 6 nitrogen and oxygen atoms in total. The Labute approximate surface area is 194 Å². The third-order valence-electron chi connectivity index (χ3n) is 6.74. The number of pyridine rings is 1.